The SMILES string of the molecule is O=C(O)ON1CCC(c2nc(C(=O)Nc3ccc4n[nH]nc4c3)cs2)CC1. The van der Waals surface area contributed by atoms with Crippen LogP contribution in [0.1, 0.15) is 34.3 Å². The Bertz CT molecular complexity index is 978. The van der Waals surface area contributed by atoms with Crippen LogP contribution in [0.25, 0.3) is 11.0 Å². The molecular formula is C16H16N6O4S. The van der Waals surface area contributed by atoms with Crippen LogP contribution >= 0.6 is 11.3 Å². The number of benzene rings is 1. The normalized spacial score (nSPS) is 15.7. The van der Waals surface area contributed by atoms with Gasteiger partial charge in [-0.1, -0.05) is 0 Å². The van der Waals surface area contributed by atoms with E-state index in [2.05, 4.69) is 30.5 Å². The lowest BCUT2D eigenvalue weighted by Crippen LogP contribution is -2.34. The molecule has 2 aromatic heterocycles. The van der Waals surface area contributed by atoms with E-state index in [1.165, 1.54) is 16.4 Å². The van der Waals surface area contributed by atoms with Gasteiger partial charge in [-0.05, 0) is 31.0 Å². The molecule has 1 aliphatic rings. The number of carboxylic acid groups (broad SMARTS) is 1. The van der Waals surface area contributed by atoms with Crippen LogP contribution in [0.4, 0.5) is 10.5 Å². The highest BCUT2D eigenvalue weighted by Gasteiger charge is 2.25. The average molecular weight is 388 g/mol. The number of nitrogens with zero attached hydrogens (tertiary/aromatic N) is 4. The first-order valence-corrected chi connectivity index (χ1v) is 9.19. The van der Waals surface area contributed by atoms with E-state index in [0.29, 0.717) is 30.0 Å². The van der Waals surface area contributed by atoms with Crippen LogP contribution < -0.4 is 5.32 Å². The molecule has 0 unspecified atom stereocenters. The molecule has 1 aromatic carbocycles. The van der Waals surface area contributed by atoms with Crippen LogP contribution in [-0.2, 0) is 4.84 Å². The number of rotatable bonds is 4. The Morgan fingerprint density at radius 1 is 1.26 bits per heavy atom. The average Bonchev–Trinajstić information content (AvgIpc) is 3.31. The predicted molar refractivity (Wildman–Crippen MR) is 96.6 cm³/mol. The number of aromatic nitrogens is 4. The number of aromatic amines is 1. The van der Waals surface area contributed by atoms with Crippen molar-refractivity contribution in [1.29, 1.82) is 0 Å². The molecule has 3 aromatic rings. The lowest BCUT2D eigenvalue weighted by atomic mass is 9.99. The minimum Gasteiger partial charge on any atom is -0.448 e. The summed E-state index contributed by atoms with van der Waals surface area (Å²) < 4.78 is 0. The van der Waals surface area contributed by atoms with E-state index in [-0.39, 0.29) is 11.8 Å². The smallest absolute Gasteiger partial charge is 0.448 e. The van der Waals surface area contributed by atoms with Crippen LogP contribution in [0.5, 0.6) is 0 Å². The molecule has 140 valence electrons. The van der Waals surface area contributed by atoms with E-state index in [9.17, 15) is 9.59 Å². The van der Waals surface area contributed by atoms with Gasteiger partial charge in [0.25, 0.3) is 5.91 Å². The van der Waals surface area contributed by atoms with Gasteiger partial charge in [0, 0.05) is 30.1 Å². The van der Waals surface area contributed by atoms with Crippen molar-refractivity contribution in [3.05, 3.63) is 34.3 Å². The zero-order valence-electron chi connectivity index (χ0n) is 14.1. The Hall–Kier alpha value is -3.05. The molecule has 1 fully saturated rings. The second-order valence-corrected chi connectivity index (χ2v) is 7.00. The first kappa shape index (κ1) is 17.4. The summed E-state index contributed by atoms with van der Waals surface area (Å²) in [6.07, 6.45) is 0.153. The highest BCUT2D eigenvalue weighted by atomic mass is 32.1. The van der Waals surface area contributed by atoms with Crippen molar-refractivity contribution in [3.8, 4) is 0 Å². The standard InChI is InChI=1S/C16H16N6O4S/c23-14(17-10-1-2-11-12(7-10)20-21-19-11)13-8-27-15(18-13)9-3-5-22(6-4-9)26-16(24)25/h1-2,7-9H,3-6H2,(H,17,23)(H,24,25)(H,19,20,21). The van der Waals surface area contributed by atoms with Gasteiger partial charge >= 0.3 is 6.16 Å². The lowest BCUT2D eigenvalue weighted by Gasteiger charge is -2.28. The van der Waals surface area contributed by atoms with Crippen LogP contribution in [0.15, 0.2) is 23.6 Å². The molecule has 4 rings (SSSR count). The second-order valence-electron chi connectivity index (χ2n) is 6.11. The van der Waals surface area contributed by atoms with Gasteiger partial charge in [0.2, 0.25) is 0 Å². The predicted octanol–water partition coefficient (Wildman–Crippen LogP) is 2.46. The summed E-state index contributed by atoms with van der Waals surface area (Å²) in [6, 6.07) is 5.27. The molecule has 10 nitrogen and oxygen atoms in total. The Morgan fingerprint density at radius 3 is 2.81 bits per heavy atom. The summed E-state index contributed by atoms with van der Waals surface area (Å²) in [7, 11) is 0. The van der Waals surface area contributed by atoms with Crippen LogP contribution in [0.2, 0.25) is 0 Å². The fourth-order valence-electron chi connectivity index (χ4n) is 3.00. The number of hydrogen-bond donors (Lipinski definition) is 3. The number of piperidine rings is 1. The van der Waals surface area contributed by atoms with E-state index < -0.39 is 6.16 Å². The van der Waals surface area contributed by atoms with E-state index in [4.69, 9.17) is 5.11 Å². The second kappa shape index (κ2) is 7.29. The van der Waals surface area contributed by atoms with Gasteiger partial charge in [0.05, 0.1) is 5.01 Å². The minimum atomic E-state index is -1.30. The van der Waals surface area contributed by atoms with Gasteiger partial charge in [-0.25, -0.2) is 9.78 Å². The third-order valence-corrected chi connectivity index (χ3v) is 5.35. The number of anilines is 1. The molecule has 1 aliphatic heterocycles. The fraction of sp³-hybridized carbons (Fsp3) is 0.312. The van der Waals surface area contributed by atoms with Crippen molar-refractivity contribution in [3.63, 3.8) is 0 Å². The Labute approximate surface area is 157 Å². The number of nitrogens with one attached hydrogen (secondary N) is 2. The highest BCUT2D eigenvalue weighted by molar-refractivity contribution is 7.10. The molecule has 11 heteroatoms. The van der Waals surface area contributed by atoms with Crippen molar-refractivity contribution in [2.24, 2.45) is 0 Å². The zero-order valence-corrected chi connectivity index (χ0v) is 14.9. The summed E-state index contributed by atoms with van der Waals surface area (Å²) in [6.45, 7) is 1.02. The molecular weight excluding hydrogens is 372 g/mol. The van der Waals surface area contributed by atoms with Crippen molar-refractivity contribution in [1.82, 2.24) is 25.5 Å². The van der Waals surface area contributed by atoms with E-state index in [0.717, 1.165) is 23.4 Å². The lowest BCUT2D eigenvalue weighted by molar-refractivity contribution is -0.131. The Morgan fingerprint density at radius 2 is 2.04 bits per heavy atom. The van der Waals surface area contributed by atoms with E-state index >= 15 is 0 Å². The maximum atomic E-state index is 12.5. The van der Waals surface area contributed by atoms with Crippen LogP contribution in [-0.4, -0.2) is 55.7 Å². The van der Waals surface area contributed by atoms with Gasteiger partial charge in [-0.15, -0.1) is 16.4 Å². The topological polar surface area (TPSA) is 133 Å². The van der Waals surface area contributed by atoms with E-state index in [1.807, 2.05) is 0 Å². The first-order valence-electron chi connectivity index (χ1n) is 8.31. The largest absolute Gasteiger partial charge is 0.525 e. The molecule has 0 aliphatic carbocycles. The zero-order chi connectivity index (χ0) is 18.8. The monoisotopic (exact) mass is 388 g/mol. The highest BCUT2D eigenvalue weighted by Crippen LogP contribution is 2.30. The van der Waals surface area contributed by atoms with Gasteiger partial charge in [0.1, 0.15) is 16.7 Å². The van der Waals surface area contributed by atoms with Crippen molar-refractivity contribution >= 4 is 40.1 Å². The number of amides is 1. The van der Waals surface area contributed by atoms with Crippen molar-refractivity contribution < 1.29 is 19.5 Å². The quantitative estimate of drug-likeness (QED) is 0.621. The summed E-state index contributed by atoms with van der Waals surface area (Å²) in [5.74, 6) is -0.0938. The number of thiazole rings is 1. The molecule has 1 amide bonds. The summed E-state index contributed by atoms with van der Waals surface area (Å²) >= 11 is 1.44. The van der Waals surface area contributed by atoms with Crippen molar-refractivity contribution in [2.45, 2.75) is 18.8 Å². The molecule has 3 N–H and O–H groups in total. The van der Waals surface area contributed by atoms with Gasteiger partial charge < -0.3 is 15.3 Å². The number of carbonyl (C=O) groups excluding carboxylic acids is 1. The molecule has 27 heavy (non-hydrogen) atoms. The molecule has 0 radical (unpaired) electrons. The minimum absolute atomic E-state index is 0.191. The third kappa shape index (κ3) is 3.88. The van der Waals surface area contributed by atoms with Crippen molar-refractivity contribution in [2.75, 3.05) is 18.4 Å². The molecule has 0 atom stereocenters. The number of hydrogen-bond acceptors (Lipinski definition) is 8. The maximum absolute atomic E-state index is 12.5. The number of hydroxylamine groups is 2. The molecule has 0 spiro atoms. The number of fused-ring (bicyclic) bond motifs is 1. The van der Waals surface area contributed by atoms with Crippen LogP contribution in [0.3, 0.4) is 0 Å². The molecule has 1 saturated heterocycles. The summed E-state index contributed by atoms with van der Waals surface area (Å²) in [5.41, 5.74) is 2.37. The third-order valence-electron chi connectivity index (χ3n) is 4.34. The number of carbonyl (C=O) groups is 2. The molecule has 3 heterocycles. The Kier molecular flexibility index (Phi) is 4.69. The summed E-state index contributed by atoms with van der Waals surface area (Å²) in [4.78, 5) is 32.2. The first-order chi connectivity index (χ1) is 13.1. The van der Waals surface area contributed by atoms with Gasteiger partial charge in [0.15, 0.2) is 0 Å². The molecule has 0 bridgehead atoms. The number of H-pyrrole nitrogens is 1. The van der Waals surface area contributed by atoms with Gasteiger partial charge in [-0.3, -0.25) is 4.79 Å². The Balaban J connectivity index is 1.38. The van der Waals surface area contributed by atoms with E-state index in [1.54, 1.807) is 23.6 Å². The molecule has 0 saturated carbocycles. The van der Waals surface area contributed by atoms with Gasteiger partial charge in [-0.2, -0.15) is 15.4 Å². The fourth-order valence-corrected chi connectivity index (χ4v) is 3.97. The summed E-state index contributed by atoms with van der Waals surface area (Å²) in [5, 5.41) is 26.0. The maximum Gasteiger partial charge on any atom is 0.525 e. The van der Waals surface area contributed by atoms with Crippen LogP contribution in [0, 0.1) is 0 Å².